The van der Waals surface area contributed by atoms with Crippen LogP contribution in [0, 0.1) is 10.1 Å². The van der Waals surface area contributed by atoms with Crippen molar-refractivity contribution in [3.8, 4) is 28.4 Å². The van der Waals surface area contributed by atoms with E-state index in [1.807, 2.05) is 30.3 Å². The lowest BCUT2D eigenvalue weighted by molar-refractivity contribution is -0.384. The second kappa shape index (κ2) is 10.7. The standard InChI is InChI=1S/C27H20N4O7/c32-25(28-20-10-11-23-24(14-20)38-17-37-23)16-36-26(33)12-9-19-15-30(21-6-2-1-3-7-21)29-27(19)18-5-4-8-22(13-18)31(34)35/h1-15H,16-17H2,(H,28,32)/b12-9+. The summed E-state index contributed by atoms with van der Waals surface area (Å²) < 4.78 is 17.2. The molecule has 0 spiro atoms. The molecule has 190 valence electrons. The van der Waals surface area contributed by atoms with Crippen LogP contribution < -0.4 is 14.8 Å². The Bertz CT molecular complexity index is 1550. The molecule has 0 fully saturated rings. The summed E-state index contributed by atoms with van der Waals surface area (Å²) in [6.07, 6.45) is 4.35. The van der Waals surface area contributed by atoms with Gasteiger partial charge >= 0.3 is 5.97 Å². The molecule has 0 saturated carbocycles. The van der Waals surface area contributed by atoms with Crippen LogP contribution in [-0.2, 0) is 14.3 Å². The highest BCUT2D eigenvalue weighted by Crippen LogP contribution is 2.34. The number of ether oxygens (including phenoxy) is 3. The molecule has 3 aromatic carbocycles. The predicted molar refractivity (Wildman–Crippen MR) is 137 cm³/mol. The third kappa shape index (κ3) is 5.51. The smallest absolute Gasteiger partial charge is 0.331 e. The fraction of sp³-hybridized carbons (Fsp3) is 0.0741. The maximum Gasteiger partial charge on any atom is 0.331 e. The maximum atomic E-state index is 12.4. The molecule has 1 amide bonds. The fourth-order valence-electron chi connectivity index (χ4n) is 3.73. The van der Waals surface area contributed by atoms with Gasteiger partial charge in [0.05, 0.1) is 10.6 Å². The Hall–Kier alpha value is -5.45. The average Bonchev–Trinajstić information content (AvgIpc) is 3.58. The van der Waals surface area contributed by atoms with Gasteiger partial charge in [-0.2, -0.15) is 5.10 Å². The monoisotopic (exact) mass is 512 g/mol. The van der Waals surface area contributed by atoms with Crippen molar-refractivity contribution in [2.45, 2.75) is 0 Å². The van der Waals surface area contributed by atoms with E-state index in [0.717, 1.165) is 5.69 Å². The molecule has 11 nitrogen and oxygen atoms in total. The number of nitro groups is 1. The fourth-order valence-corrected chi connectivity index (χ4v) is 3.73. The van der Waals surface area contributed by atoms with Crippen molar-refractivity contribution in [3.05, 3.63) is 101 Å². The number of para-hydroxylation sites is 1. The van der Waals surface area contributed by atoms with Gasteiger partial charge in [-0.3, -0.25) is 14.9 Å². The van der Waals surface area contributed by atoms with Crippen LogP contribution in [0.2, 0.25) is 0 Å². The number of hydrogen-bond donors (Lipinski definition) is 1. The Morgan fingerprint density at radius 3 is 2.68 bits per heavy atom. The Balaban J connectivity index is 1.29. The van der Waals surface area contributed by atoms with E-state index in [9.17, 15) is 19.7 Å². The zero-order valence-electron chi connectivity index (χ0n) is 19.8. The first-order chi connectivity index (χ1) is 18.5. The first kappa shape index (κ1) is 24.3. The molecule has 1 N–H and O–H groups in total. The lowest BCUT2D eigenvalue weighted by Crippen LogP contribution is -2.20. The topological polar surface area (TPSA) is 135 Å². The summed E-state index contributed by atoms with van der Waals surface area (Å²) in [6, 6.07) is 20.3. The lowest BCUT2D eigenvalue weighted by atomic mass is 10.1. The van der Waals surface area contributed by atoms with Crippen molar-refractivity contribution in [3.63, 3.8) is 0 Å². The van der Waals surface area contributed by atoms with E-state index in [-0.39, 0.29) is 12.5 Å². The summed E-state index contributed by atoms with van der Waals surface area (Å²) in [4.78, 5) is 35.4. The van der Waals surface area contributed by atoms with E-state index < -0.39 is 23.4 Å². The van der Waals surface area contributed by atoms with Gasteiger partial charge in [0, 0.05) is 47.3 Å². The van der Waals surface area contributed by atoms with Crippen LogP contribution >= 0.6 is 0 Å². The molecule has 4 aromatic rings. The van der Waals surface area contributed by atoms with E-state index in [4.69, 9.17) is 14.2 Å². The highest BCUT2D eigenvalue weighted by atomic mass is 16.7. The van der Waals surface area contributed by atoms with E-state index in [1.165, 1.54) is 24.3 Å². The van der Waals surface area contributed by atoms with Crippen LogP contribution in [0.5, 0.6) is 11.5 Å². The minimum Gasteiger partial charge on any atom is -0.454 e. The summed E-state index contributed by atoms with van der Waals surface area (Å²) in [6.45, 7) is -0.386. The first-order valence-corrected chi connectivity index (χ1v) is 11.4. The molecular weight excluding hydrogens is 492 g/mol. The quantitative estimate of drug-likeness (QED) is 0.159. The van der Waals surface area contributed by atoms with E-state index >= 15 is 0 Å². The second-order valence-corrected chi connectivity index (χ2v) is 8.08. The number of hydrogen-bond acceptors (Lipinski definition) is 8. The highest BCUT2D eigenvalue weighted by molar-refractivity contribution is 5.95. The lowest BCUT2D eigenvalue weighted by Gasteiger charge is -2.06. The Labute approximate surface area is 216 Å². The molecule has 1 aliphatic rings. The maximum absolute atomic E-state index is 12.4. The van der Waals surface area contributed by atoms with Crippen molar-refractivity contribution in [2.24, 2.45) is 0 Å². The second-order valence-electron chi connectivity index (χ2n) is 8.08. The molecule has 0 unspecified atom stereocenters. The number of fused-ring (bicyclic) bond motifs is 1. The third-order valence-corrected chi connectivity index (χ3v) is 5.49. The number of esters is 1. The van der Waals surface area contributed by atoms with Gasteiger partial charge in [-0.05, 0) is 30.3 Å². The number of rotatable bonds is 8. The van der Waals surface area contributed by atoms with Crippen molar-refractivity contribution in [1.82, 2.24) is 9.78 Å². The first-order valence-electron chi connectivity index (χ1n) is 11.4. The number of nitrogens with one attached hydrogen (secondary N) is 1. The number of non-ortho nitro benzene ring substituents is 1. The van der Waals surface area contributed by atoms with Crippen LogP contribution in [0.1, 0.15) is 5.56 Å². The largest absolute Gasteiger partial charge is 0.454 e. The molecule has 5 rings (SSSR count). The van der Waals surface area contributed by atoms with Gasteiger partial charge in [0.15, 0.2) is 18.1 Å². The molecule has 1 aromatic heterocycles. The zero-order valence-corrected chi connectivity index (χ0v) is 19.8. The van der Waals surface area contributed by atoms with Gasteiger partial charge in [-0.1, -0.05) is 30.3 Å². The SMILES string of the molecule is O=C(COC(=O)/C=C/c1cn(-c2ccccc2)nc1-c1cccc([N+](=O)[O-])c1)Nc1ccc2c(c1)OCO2. The molecule has 1 aliphatic heterocycles. The van der Waals surface area contributed by atoms with Crippen molar-refractivity contribution < 1.29 is 28.7 Å². The number of carbonyl (C=O) groups is 2. The number of anilines is 1. The normalized spacial score (nSPS) is 11.9. The number of nitrogens with zero attached hydrogens (tertiary/aromatic N) is 3. The van der Waals surface area contributed by atoms with Gasteiger partial charge in [0.1, 0.15) is 5.69 Å². The van der Waals surface area contributed by atoms with Gasteiger partial charge in [-0.15, -0.1) is 0 Å². The summed E-state index contributed by atoms with van der Waals surface area (Å²) in [5, 5.41) is 18.5. The van der Waals surface area contributed by atoms with E-state index in [0.29, 0.717) is 34.0 Å². The predicted octanol–water partition coefficient (Wildman–Crippen LogP) is 4.37. The third-order valence-electron chi connectivity index (χ3n) is 5.49. The Kier molecular flexibility index (Phi) is 6.81. The molecule has 0 saturated heterocycles. The number of benzene rings is 3. The summed E-state index contributed by atoms with van der Waals surface area (Å²) in [7, 11) is 0. The summed E-state index contributed by atoms with van der Waals surface area (Å²) in [5.74, 6) is -0.180. The molecule has 0 atom stereocenters. The summed E-state index contributed by atoms with van der Waals surface area (Å²) in [5.41, 5.74) is 2.62. The molecular formula is C27H20N4O7. The van der Waals surface area contributed by atoms with Crippen molar-refractivity contribution >= 4 is 29.3 Å². The molecule has 38 heavy (non-hydrogen) atoms. The van der Waals surface area contributed by atoms with Crippen molar-refractivity contribution in [1.29, 1.82) is 0 Å². The summed E-state index contributed by atoms with van der Waals surface area (Å²) >= 11 is 0. The average molecular weight is 512 g/mol. The van der Waals surface area contributed by atoms with E-state index in [2.05, 4.69) is 10.4 Å². The van der Waals surface area contributed by atoms with Crippen LogP contribution in [-0.4, -0.2) is 40.0 Å². The molecule has 0 aliphatic carbocycles. The van der Waals surface area contributed by atoms with Crippen LogP contribution in [0.4, 0.5) is 11.4 Å². The number of carbonyl (C=O) groups excluding carboxylic acids is 2. The minimum absolute atomic E-state index is 0.0837. The van der Waals surface area contributed by atoms with E-state index in [1.54, 1.807) is 41.2 Å². The van der Waals surface area contributed by atoms with Crippen molar-refractivity contribution in [2.75, 3.05) is 18.7 Å². The van der Waals surface area contributed by atoms with Gasteiger partial charge in [0.25, 0.3) is 11.6 Å². The van der Waals surface area contributed by atoms with Crippen LogP contribution in [0.25, 0.3) is 23.0 Å². The molecule has 0 radical (unpaired) electrons. The van der Waals surface area contributed by atoms with Crippen LogP contribution in [0.15, 0.2) is 85.1 Å². The number of amides is 1. The number of aromatic nitrogens is 2. The van der Waals surface area contributed by atoms with Gasteiger partial charge < -0.3 is 19.5 Å². The van der Waals surface area contributed by atoms with Gasteiger partial charge in [0.2, 0.25) is 6.79 Å². The number of nitro benzene ring substituents is 1. The van der Waals surface area contributed by atoms with Gasteiger partial charge in [-0.25, -0.2) is 9.48 Å². The zero-order chi connectivity index (χ0) is 26.5. The van der Waals surface area contributed by atoms with Crippen LogP contribution in [0.3, 0.4) is 0 Å². The molecule has 11 heteroatoms. The Morgan fingerprint density at radius 2 is 1.87 bits per heavy atom. The molecule has 2 heterocycles. The highest BCUT2D eigenvalue weighted by Gasteiger charge is 2.16. The Morgan fingerprint density at radius 1 is 1.05 bits per heavy atom. The molecule has 0 bridgehead atoms. The minimum atomic E-state index is -0.747.